The van der Waals surface area contributed by atoms with E-state index in [2.05, 4.69) is 48.4 Å². The summed E-state index contributed by atoms with van der Waals surface area (Å²) >= 11 is 1.41. The molecule has 30 heavy (non-hydrogen) atoms. The molecule has 0 aliphatic carbocycles. The van der Waals surface area contributed by atoms with Gasteiger partial charge in [0.2, 0.25) is 10.9 Å². The highest BCUT2D eigenvalue weighted by molar-refractivity contribution is 7.14. The maximum atomic E-state index is 11.2. The number of phenols is 1. The van der Waals surface area contributed by atoms with Gasteiger partial charge in [-0.3, -0.25) is 15.5 Å². The summed E-state index contributed by atoms with van der Waals surface area (Å²) in [5.74, 6) is -0.463. The number of nitrogens with one attached hydrogen (secondary N) is 1. The minimum absolute atomic E-state index is 0.0370. The number of aryl methyl sites for hydroxylation is 3. The van der Waals surface area contributed by atoms with Crippen LogP contribution < -0.4 is 10.2 Å². The van der Waals surface area contributed by atoms with Gasteiger partial charge >= 0.3 is 5.69 Å². The molecule has 0 atom stereocenters. The third-order valence-corrected chi connectivity index (χ3v) is 5.13. The second-order valence-corrected chi connectivity index (χ2v) is 7.62. The summed E-state index contributed by atoms with van der Waals surface area (Å²) in [5, 5.41) is 27.8. The maximum absolute atomic E-state index is 11.2. The van der Waals surface area contributed by atoms with Crippen molar-refractivity contribution in [2.24, 2.45) is 5.10 Å². The lowest BCUT2D eigenvalue weighted by atomic mass is 9.98. The molecule has 156 valence electrons. The van der Waals surface area contributed by atoms with Gasteiger partial charge in [-0.15, -0.1) is 11.3 Å². The van der Waals surface area contributed by atoms with Crippen LogP contribution in [0.1, 0.15) is 29.2 Å². The standard InChI is InChI=1S/C21H22N4O4S/c1-5-29-18-9-15(8-17(20(18)26)25(27)28)10-22-24-21-23-16(11-30-21)19-13(3)6-12(2)7-14(19)4/h6-11,26H,5H2,1-4H3,(H,23,24)/b22-10-. The van der Waals surface area contributed by atoms with E-state index >= 15 is 0 Å². The summed E-state index contributed by atoms with van der Waals surface area (Å²) in [4.78, 5) is 15.1. The van der Waals surface area contributed by atoms with E-state index in [1.807, 2.05) is 5.38 Å². The van der Waals surface area contributed by atoms with Crippen molar-refractivity contribution in [2.75, 3.05) is 12.0 Å². The van der Waals surface area contributed by atoms with Crippen LogP contribution in [0, 0.1) is 30.9 Å². The number of rotatable bonds is 7. The van der Waals surface area contributed by atoms with Crippen molar-refractivity contribution in [3.63, 3.8) is 0 Å². The van der Waals surface area contributed by atoms with E-state index in [0.29, 0.717) is 10.7 Å². The van der Waals surface area contributed by atoms with Gasteiger partial charge in [0.25, 0.3) is 0 Å². The molecule has 2 N–H and O–H groups in total. The summed E-state index contributed by atoms with van der Waals surface area (Å²) < 4.78 is 5.27. The SMILES string of the molecule is CCOc1cc(/C=N\Nc2nc(-c3c(C)cc(C)cc3C)cs2)cc([N+](=O)[O-])c1O. The Bertz CT molecular complexity index is 1100. The second kappa shape index (κ2) is 8.91. The Kier molecular flexibility index (Phi) is 6.31. The zero-order valence-electron chi connectivity index (χ0n) is 17.1. The van der Waals surface area contributed by atoms with Gasteiger partial charge < -0.3 is 9.84 Å². The number of nitrogens with zero attached hydrogens (tertiary/aromatic N) is 3. The van der Waals surface area contributed by atoms with Gasteiger partial charge in [-0.05, 0) is 44.9 Å². The Balaban J connectivity index is 1.81. The van der Waals surface area contributed by atoms with Gasteiger partial charge in [0.15, 0.2) is 5.75 Å². The highest BCUT2D eigenvalue weighted by Gasteiger charge is 2.19. The Labute approximate surface area is 178 Å². The molecule has 9 heteroatoms. The average Bonchev–Trinajstić information content (AvgIpc) is 3.11. The molecule has 0 spiro atoms. The zero-order chi connectivity index (χ0) is 21.8. The third kappa shape index (κ3) is 4.57. The number of nitro groups is 1. The molecule has 1 heterocycles. The van der Waals surface area contributed by atoms with E-state index in [1.54, 1.807) is 6.92 Å². The monoisotopic (exact) mass is 426 g/mol. The minimum Gasteiger partial charge on any atom is -0.500 e. The number of aromatic hydroxyl groups is 1. The topological polar surface area (TPSA) is 110 Å². The Morgan fingerprint density at radius 1 is 1.27 bits per heavy atom. The lowest BCUT2D eigenvalue weighted by Crippen LogP contribution is -1.98. The van der Waals surface area contributed by atoms with Crippen LogP contribution in [-0.4, -0.2) is 27.8 Å². The fraction of sp³-hybridized carbons (Fsp3) is 0.238. The number of benzene rings is 2. The highest BCUT2D eigenvalue weighted by atomic mass is 32.1. The lowest BCUT2D eigenvalue weighted by molar-refractivity contribution is -0.386. The summed E-state index contributed by atoms with van der Waals surface area (Å²) in [6, 6.07) is 6.97. The van der Waals surface area contributed by atoms with Crippen LogP contribution >= 0.6 is 11.3 Å². The lowest BCUT2D eigenvalue weighted by Gasteiger charge is -2.08. The first-order valence-electron chi connectivity index (χ1n) is 9.27. The summed E-state index contributed by atoms with van der Waals surface area (Å²) in [7, 11) is 0. The number of hydrazone groups is 1. The molecule has 0 amide bonds. The van der Waals surface area contributed by atoms with Crippen LogP contribution in [-0.2, 0) is 0 Å². The molecule has 2 aromatic carbocycles. The van der Waals surface area contributed by atoms with Crippen LogP contribution in [0.2, 0.25) is 0 Å². The van der Waals surface area contributed by atoms with Crippen molar-refractivity contribution in [1.29, 1.82) is 0 Å². The van der Waals surface area contributed by atoms with E-state index in [0.717, 1.165) is 22.4 Å². The first-order valence-corrected chi connectivity index (χ1v) is 10.1. The summed E-state index contributed by atoms with van der Waals surface area (Å²) in [6.07, 6.45) is 1.42. The van der Waals surface area contributed by atoms with Gasteiger partial charge in [0.05, 0.1) is 23.4 Å². The number of ether oxygens (including phenoxy) is 1. The molecule has 0 fully saturated rings. The molecule has 0 unspecified atom stereocenters. The number of anilines is 1. The number of hydrogen-bond acceptors (Lipinski definition) is 8. The first-order chi connectivity index (χ1) is 14.3. The van der Waals surface area contributed by atoms with Gasteiger partial charge in [0.1, 0.15) is 0 Å². The van der Waals surface area contributed by atoms with Crippen LogP contribution in [0.3, 0.4) is 0 Å². The predicted octanol–water partition coefficient (Wildman–Crippen LogP) is 5.19. The van der Waals surface area contributed by atoms with Crippen LogP contribution in [0.15, 0.2) is 34.7 Å². The number of nitro benzene ring substituents is 1. The third-order valence-electron chi connectivity index (χ3n) is 4.38. The normalized spacial score (nSPS) is 11.1. The zero-order valence-corrected chi connectivity index (χ0v) is 17.9. The second-order valence-electron chi connectivity index (χ2n) is 6.76. The minimum atomic E-state index is -0.665. The van der Waals surface area contributed by atoms with Crippen molar-refractivity contribution in [1.82, 2.24) is 4.98 Å². The average molecular weight is 426 g/mol. The fourth-order valence-electron chi connectivity index (χ4n) is 3.28. The Morgan fingerprint density at radius 2 is 1.97 bits per heavy atom. The Morgan fingerprint density at radius 3 is 2.60 bits per heavy atom. The van der Waals surface area contributed by atoms with Crippen molar-refractivity contribution in [3.8, 4) is 22.8 Å². The Hall–Kier alpha value is -3.46. The van der Waals surface area contributed by atoms with Crippen molar-refractivity contribution >= 4 is 28.4 Å². The van der Waals surface area contributed by atoms with E-state index in [-0.39, 0.29) is 12.4 Å². The molecule has 3 aromatic rings. The molecule has 0 saturated carbocycles. The van der Waals surface area contributed by atoms with E-state index < -0.39 is 16.4 Å². The molecule has 0 radical (unpaired) electrons. The first kappa shape index (κ1) is 21.3. The van der Waals surface area contributed by atoms with Gasteiger partial charge in [-0.1, -0.05) is 17.7 Å². The molecule has 0 saturated heterocycles. The van der Waals surface area contributed by atoms with E-state index in [4.69, 9.17) is 4.74 Å². The number of thiazole rings is 1. The van der Waals surface area contributed by atoms with Crippen molar-refractivity contribution < 1.29 is 14.8 Å². The summed E-state index contributed by atoms with van der Waals surface area (Å²) in [6.45, 7) is 8.19. The van der Waals surface area contributed by atoms with Crippen molar-refractivity contribution in [3.05, 3.63) is 62.0 Å². The van der Waals surface area contributed by atoms with E-state index in [1.165, 1.54) is 35.2 Å². The molecule has 0 bridgehead atoms. The molecule has 3 rings (SSSR count). The van der Waals surface area contributed by atoms with Crippen molar-refractivity contribution in [2.45, 2.75) is 27.7 Å². The molecule has 0 aliphatic rings. The largest absolute Gasteiger partial charge is 0.500 e. The van der Waals surface area contributed by atoms with Gasteiger partial charge in [0, 0.05) is 22.6 Å². The number of aromatic nitrogens is 1. The molecular formula is C21H22N4O4S. The maximum Gasteiger partial charge on any atom is 0.315 e. The van der Waals surface area contributed by atoms with E-state index in [9.17, 15) is 15.2 Å². The molecule has 8 nitrogen and oxygen atoms in total. The van der Waals surface area contributed by atoms with Crippen LogP contribution in [0.25, 0.3) is 11.3 Å². The van der Waals surface area contributed by atoms with Crippen LogP contribution in [0.4, 0.5) is 10.8 Å². The van der Waals surface area contributed by atoms with Gasteiger partial charge in [-0.25, -0.2) is 4.98 Å². The molecule has 1 aromatic heterocycles. The fourth-order valence-corrected chi connectivity index (χ4v) is 3.93. The summed E-state index contributed by atoms with van der Waals surface area (Å²) in [5.41, 5.74) is 8.32. The predicted molar refractivity (Wildman–Crippen MR) is 119 cm³/mol. The molecule has 0 aliphatic heterocycles. The number of phenolic OH excluding ortho intramolecular Hbond substituents is 1. The quantitative estimate of drug-likeness (QED) is 0.305. The smallest absolute Gasteiger partial charge is 0.315 e. The van der Waals surface area contributed by atoms with Crippen LogP contribution in [0.5, 0.6) is 11.5 Å². The highest BCUT2D eigenvalue weighted by Crippen LogP contribution is 2.37. The number of hydrogen-bond donors (Lipinski definition) is 2. The molecular weight excluding hydrogens is 404 g/mol. The van der Waals surface area contributed by atoms with Gasteiger partial charge in [-0.2, -0.15) is 5.10 Å².